The Labute approximate surface area is 213 Å². The van der Waals surface area contributed by atoms with Crippen LogP contribution in [0.25, 0.3) is 0 Å². The SMILES string of the molecule is CCCC(=O)O[C@@H]1CC[C@@]2(C)[C@@H](CC[C@@H]3[C@@H]2CC[C@]2(C)[C@@H]4[C@@H](C[C@@H]32)O[C@]2(CC[C@H](C)CO2)[C@H]4C)C1. The summed E-state index contributed by atoms with van der Waals surface area (Å²) in [5, 5.41) is 0. The van der Waals surface area contributed by atoms with Gasteiger partial charge in [-0.25, -0.2) is 0 Å². The van der Waals surface area contributed by atoms with E-state index in [0.717, 1.165) is 56.0 Å². The molecule has 2 heterocycles. The molecule has 0 amide bonds. The molecule has 4 heteroatoms. The molecule has 0 aromatic heterocycles. The van der Waals surface area contributed by atoms with E-state index in [1.165, 1.54) is 44.9 Å². The summed E-state index contributed by atoms with van der Waals surface area (Å²) in [4.78, 5) is 12.1. The Bertz CT molecular complexity index is 817. The first kappa shape index (κ1) is 24.7. The maximum absolute atomic E-state index is 12.1. The number of ether oxygens (including phenoxy) is 3. The molecule has 0 N–H and O–H groups in total. The van der Waals surface area contributed by atoms with Crippen LogP contribution in [0.5, 0.6) is 0 Å². The highest BCUT2D eigenvalue weighted by Gasteiger charge is 2.69. The Kier molecular flexibility index (Phi) is 6.15. The summed E-state index contributed by atoms with van der Waals surface area (Å²) in [6.07, 6.45) is 14.4. The van der Waals surface area contributed by atoms with Crippen molar-refractivity contribution in [2.75, 3.05) is 6.61 Å². The predicted octanol–water partition coefficient (Wildman–Crippen LogP) is 7.14. The van der Waals surface area contributed by atoms with Crippen LogP contribution >= 0.6 is 0 Å². The first-order valence-electron chi connectivity index (χ1n) is 15.2. The molecule has 6 rings (SSSR count). The zero-order valence-electron chi connectivity index (χ0n) is 23.0. The lowest BCUT2D eigenvalue weighted by Gasteiger charge is -2.61. The molecule has 6 aliphatic rings. The highest BCUT2D eigenvalue weighted by Crippen LogP contribution is 2.71. The lowest BCUT2D eigenvalue weighted by atomic mass is 9.44. The Morgan fingerprint density at radius 2 is 1.74 bits per heavy atom. The van der Waals surface area contributed by atoms with Crippen LogP contribution in [-0.2, 0) is 19.0 Å². The summed E-state index contributed by atoms with van der Waals surface area (Å²) in [5.41, 5.74) is 0.823. The quantitative estimate of drug-likeness (QED) is 0.398. The highest BCUT2D eigenvalue weighted by molar-refractivity contribution is 5.69. The molecule has 4 saturated carbocycles. The van der Waals surface area contributed by atoms with Gasteiger partial charge in [0.25, 0.3) is 0 Å². The van der Waals surface area contributed by atoms with Crippen LogP contribution in [0.15, 0.2) is 0 Å². The normalized spacial score (nSPS) is 55.1. The van der Waals surface area contributed by atoms with Crippen molar-refractivity contribution < 1.29 is 19.0 Å². The van der Waals surface area contributed by atoms with Gasteiger partial charge in [-0.05, 0) is 111 Å². The largest absolute Gasteiger partial charge is 0.462 e. The standard InChI is InChI=1S/C31H50O4/c1-6-7-27(32)34-22-11-13-29(4)21(16-22)8-9-23-24(29)12-14-30(5)25(23)17-26-28(30)20(3)31(35-26)15-10-19(2)18-33-31/h19-26,28H,6-18H2,1-5H3/t19-,20-,21-,22+,23+,24-,25-,26+,28-,29-,30-,31+/m0/s1. The zero-order chi connectivity index (χ0) is 24.6. The fourth-order valence-electron chi connectivity index (χ4n) is 10.8. The first-order chi connectivity index (χ1) is 16.7. The lowest BCUT2D eigenvalue weighted by molar-refractivity contribution is -0.273. The van der Waals surface area contributed by atoms with Crippen molar-refractivity contribution in [2.45, 2.75) is 130 Å². The van der Waals surface area contributed by atoms with Crippen molar-refractivity contribution in [1.82, 2.24) is 0 Å². The van der Waals surface area contributed by atoms with Crippen molar-refractivity contribution in [3.63, 3.8) is 0 Å². The molecule has 0 unspecified atom stereocenters. The Balaban J connectivity index is 1.17. The number of carbonyl (C=O) groups is 1. The van der Waals surface area contributed by atoms with Gasteiger partial charge in [0.15, 0.2) is 5.79 Å². The molecule has 2 saturated heterocycles. The molecule has 0 radical (unpaired) electrons. The van der Waals surface area contributed by atoms with Gasteiger partial charge >= 0.3 is 5.97 Å². The molecule has 198 valence electrons. The monoisotopic (exact) mass is 486 g/mol. The van der Waals surface area contributed by atoms with Gasteiger partial charge in [0.2, 0.25) is 0 Å². The minimum Gasteiger partial charge on any atom is -0.462 e. The van der Waals surface area contributed by atoms with E-state index in [-0.39, 0.29) is 17.9 Å². The topological polar surface area (TPSA) is 44.8 Å². The Morgan fingerprint density at radius 1 is 0.943 bits per heavy atom. The first-order valence-corrected chi connectivity index (χ1v) is 15.2. The molecule has 12 atom stereocenters. The van der Waals surface area contributed by atoms with Crippen molar-refractivity contribution in [2.24, 2.45) is 52.3 Å². The Hall–Kier alpha value is -0.610. The van der Waals surface area contributed by atoms with Crippen molar-refractivity contribution >= 4 is 5.97 Å². The third-order valence-corrected chi connectivity index (χ3v) is 12.6. The molecule has 6 fully saturated rings. The van der Waals surface area contributed by atoms with Gasteiger partial charge in [0.1, 0.15) is 6.10 Å². The number of fused-ring (bicyclic) bond motifs is 7. The molecule has 2 aliphatic heterocycles. The minimum absolute atomic E-state index is 0.0176. The summed E-state index contributed by atoms with van der Waals surface area (Å²) in [6, 6.07) is 0. The van der Waals surface area contributed by atoms with E-state index >= 15 is 0 Å². The molecule has 0 aromatic rings. The number of hydrogen-bond donors (Lipinski definition) is 0. The number of rotatable bonds is 3. The molecule has 4 nitrogen and oxygen atoms in total. The van der Waals surface area contributed by atoms with Gasteiger partial charge in [-0.15, -0.1) is 0 Å². The third-order valence-electron chi connectivity index (χ3n) is 12.6. The molecule has 4 aliphatic carbocycles. The molecule has 0 aromatic carbocycles. The van der Waals surface area contributed by atoms with Gasteiger partial charge < -0.3 is 14.2 Å². The lowest BCUT2D eigenvalue weighted by Crippen LogP contribution is -2.55. The van der Waals surface area contributed by atoms with E-state index in [9.17, 15) is 4.79 Å². The summed E-state index contributed by atoms with van der Waals surface area (Å²) in [7, 11) is 0. The van der Waals surface area contributed by atoms with E-state index in [0.29, 0.717) is 41.1 Å². The summed E-state index contributed by atoms with van der Waals surface area (Å²) in [5.74, 6) is 4.74. The van der Waals surface area contributed by atoms with E-state index in [1.807, 2.05) is 0 Å². The molecule has 1 spiro atoms. The summed E-state index contributed by atoms with van der Waals surface area (Å²) >= 11 is 0. The average Bonchev–Trinajstić information content (AvgIpc) is 3.26. The fourth-order valence-corrected chi connectivity index (χ4v) is 10.8. The van der Waals surface area contributed by atoms with Crippen LogP contribution in [0.3, 0.4) is 0 Å². The van der Waals surface area contributed by atoms with Crippen molar-refractivity contribution in [1.29, 1.82) is 0 Å². The van der Waals surface area contributed by atoms with Gasteiger partial charge in [-0.3, -0.25) is 4.79 Å². The van der Waals surface area contributed by atoms with Gasteiger partial charge in [-0.2, -0.15) is 0 Å². The molecular weight excluding hydrogens is 436 g/mol. The van der Waals surface area contributed by atoms with Gasteiger partial charge in [-0.1, -0.05) is 34.6 Å². The van der Waals surface area contributed by atoms with Crippen LogP contribution in [0.1, 0.15) is 112 Å². The van der Waals surface area contributed by atoms with E-state index in [2.05, 4.69) is 34.6 Å². The smallest absolute Gasteiger partial charge is 0.306 e. The second kappa shape index (κ2) is 8.72. The zero-order valence-corrected chi connectivity index (χ0v) is 23.0. The second-order valence-corrected chi connectivity index (χ2v) is 14.3. The van der Waals surface area contributed by atoms with Crippen molar-refractivity contribution in [3.8, 4) is 0 Å². The molecular formula is C31H50O4. The molecule has 35 heavy (non-hydrogen) atoms. The Morgan fingerprint density at radius 3 is 2.49 bits per heavy atom. The maximum atomic E-state index is 12.1. The number of esters is 1. The number of carbonyl (C=O) groups excluding carboxylic acids is 1. The number of hydrogen-bond acceptors (Lipinski definition) is 4. The fraction of sp³-hybridized carbons (Fsp3) is 0.968. The minimum atomic E-state index is -0.302. The van der Waals surface area contributed by atoms with E-state index < -0.39 is 0 Å². The summed E-state index contributed by atoms with van der Waals surface area (Å²) < 4.78 is 19.3. The van der Waals surface area contributed by atoms with Gasteiger partial charge in [0, 0.05) is 18.8 Å². The van der Waals surface area contributed by atoms with Crippen LogP contribution < -0.4 is 0 Å². The van der Waals surface area contributed by atoms with E-state index in [4.69, 9.17) is 14.2 Å². The maximum Gasteiger partial charge on any atom is 0.306 e. The highest BCUT2D eigenvalue weighted by atomic mass is 16.7. The molecule has 0 bridgehead atoms. The van der Waals surface area contributed by atoms with E-state index in [1.54, 1.807) is 0 Å². The predicted molar refractivity (Wildman–Crippen MR) is 137 cm³/mol. The van der Waals surface area contributed by atoms with Crippen LogP contribution in [0.2, 0.25) is 0 Å². The van der Waals surface area contributed by atoms with Crippen LogP contribution in [-0.4, -0.2) is 30.6 Å². The third kappa shape index (κ3) is 3.69. The van der Waals surface area contributed by atoms with Crippen molar-refractivity contribution in [3.05, 3.63) is 0 Å². The summed E-state index contributed by atoms with van der Waals surface area (Å²) in [6.45, 7) is 12.9. The van der Waals surface area contributed by atoms with Crippen LogP contribution in [0, 0.1) is 52.3 Å². The van der Waals surface area contributed by atoms with Gasteiger partial charge in [0.05, 0.1) is 12.7 Å². The van der Waals surface area contributed by atoms with Crippen LogP contribution in [0.4, 0.5) is 0 Å². The average molecular weight is 487 g/mol. The second-order valence-electron chi connectivity index (χ2n) is 14.3.